The molecular formula is C16H24O2. The number of benzene rings is 1. The molecule has 0 aliphatic heterocycles. The Kier molecular flexibility index (Phi) is 6.48. The average Bonchev–Trinajstić information content (AvgIpc) is 2.42. The normalized spacial score (nSPS) is 15.7. The minimum atomic E-state index is -0.759. The van der Waals surface area contributed by atoms with Gasteiger partial charge in [-0.05, 0) is 29.9 Å². The lowest BCUT2D eigenvalue weighted by Crippen LogP contribution is -2.05. The topological polar surface area (TPSA) is 37.3 Å². The zero-order valence-electron chi connectivity index (χ0n) is 11.5. The summed E-state index contributed by atoms with van der Waals surface area (Å²) in [7, 11) is 0. The highest BCUT2D eigenvalue weighted by Crippen LogP contribution is 2.32. The van der Waals surface area contributed by atoms with E-state index in [4.69, 9.17) is 5.11 Å². The minimum Gasteiger partial charge on any atom is -0.481 e. The highest BCUT2D eigenvalue weighted by molar-refractivity contribution is 5.70. The number of carboxylic acids is 1. The van der Waals surface area contributed by atoms with E-state index in [1.165, 1.54) is 37.7 Å². The van der Waals surface area contributed by atoms with Crippen molar-refractivity contribution < 1.29 is 9.90 Å². The van der Waals surface area contributed by atoms with E-state index < -0.39 is 5.97 Å². The number of hydrogen-bond donors (Lipinski definition) is 1. The van der Waals surface area contributed by atoms with Gasteiger partial charge in [0.25, 0.3) is 0 Å². The van der Waals surface area contributed by atoms with Crippen LogP contribution in [0.1, 0.15) is 63.0 Å². The Morgan fingerprint density at radius 2 is 1.67 bits per heavy atom. The molecule has 1 saturated carbocycles. The Balaban J connectivity index is 0.000000771. The molecule has 0 bridgehead atoms. The lowest BCUT2D eigenvalue weighted by atomic mass is 9.84. The first-order valence-electron chi connectivity index (χ1n) is 7.06. The number of rotatable bonds is 3. The van der Waals surface area contributed by atoms with Gasteiger partial charge in [-0.25, -0.2) is 0 Å². The van der Waals surface area contributed by atoms with E-state index in [0.29, 0.717) is 5.92 Å². The summed E-state index contributed by atoms with van der Waals surface area (Å²) in [5.41, 5.74) is 2.28. The SMILES string of the molecule is CC.O=C(O)Cc1ccc(C2CCCCC2)cc1. The molecule has 1 N–H and O–H groups in total. The molecule has 0 radical (unpaired) electrons. The number of carboxylic acid groups (broad SMARTS) is 1. The molecule has 1 aromatic rings. The van der Waals surface area contributed by atoms with Crippen molar-refractivity contribution in [2.75, 3.05) is 0 Å². The predicted octanol–water partition coefficient (Wildman–Crippen LogP) is 4.39. The van der Waals surface area contributed by atoms with E-state index >= 15 is 0 Å². The number of aliphatic carboxylic acids is 1. The molecule has 2 heteroatoms. The Labute approximate surface area is 110 Å². The van der Waals surface area contributed by atoms with E-state index in [0.717, 1.165) is 5.56 Å². The van der Waals surface area contributed by atoms with Crippen molar-refractivity contribution in [1.82, 2.24) is 0 Å². The molecule has 0 atom stereocenters. The van der Waals surface area contributed by atoms with Gasteiger partial charge in [-0.15, -0.1) is 0 Å². The van der Waals surface area contributed by atoms with Crippen LogP contribution in [-0.4, -0.2) is 11.1 Å². The van der Waals surface area contributed by atoms with Crippen LogP contribution in [0.4, 0.5) is 0 Å². The number of carbonyl (C=O) groups is 1. The summed E-state index contributed by atoms with van der Waals surface area (Å²) in [6, 6.07) is 8.12. The Hall–Kier alpha value is -1.31. The van der Waals surface area contributed by atoms with Crippen LogP contribution in [0.2, 0.25) is 0 Å². The van der Waals surface area contributed by atoms with E-state index in [1.54, 1.807) is 0 Å². The number of hydrogen-bond acceptors (Lipinski definition) is 1. The Morgan fingerprint density at radius 3 is 2.17 bits per heavy atom. The molecule has 1 aliphatic carbocycles. The van der Waals surface area contributed by atoms with E-state index in [2.05, 4.69) is 12.1 Å². The van der Waals surface area contributed by atoms with Crippen LogP contribution in [-0.2, 0) is 11.2 Å². The largest absolute Gasteiger partial charge is 0.481 e. The van der Waals surface area contributed by atoms with Gasteiger partial charge in [-0.3, -0.25) is 4.79 Å². The van der Waals surface area contributed by atoms with Crippen LogP contribution in [0, 0.1) is 0 Å². The molecule has 0 heterocycles. The van der Waals surface area contributed by atoms with Gasteiger partial charge in [-0.2, -0.15) is 0 Å². The molecule has 0 aromatic heterocycles. The third-order valence-corrected chi connectivity index (χ3v) is 3.41. The molecule has 2 nitrogen and oxygen atoms in total. The highest BCUT2D eigenvalue weighted by atomic mass is 16.4. The van der Waals surface area contributed by atoms with Gasteiger partial charge in [-0.1, -0.05) is 57.4 Å². The van der Waals surface area contributed by atoms with Crippen LogP contribution in [0.15, 0.2) is 24.3 Å². The van der Waals surface area contributed by atoms with Crippen LogP contribution in [0.3, 0.4) is 0 Å². The first-order valence-corrected chi connectivity index (χ1v) is 7.06. The van der Waals surface area contributed by atoms with Gasteiger partial charge >= 0.3 is 5.97 Å². The summed E-state index contributed by atoms with van der Waals surface area (Å²) in [5, 5.41) is 8.68. The van der Waals surface area contributed by atoms with Crippen molar-refractivity contribution in [1.29, 1.82) is 0 Å². The second-order valence-electron chi connectivity index (χ2n) is 4.65. The van der Waals surface area contributed by atoms with Crippen molar-refractivity contribution in [2.24, 2.45) is 0 Å². The molecule has 18 heavy (non-hydrogen) atoms. The maximum atomic E-state index is 10.6. The van der Waals surface area contributed by atoms with Crippen LogP contribution < -0.4 is 0 Å². The summed E-state index contributed by atoms with van der Waals surface area (Å²) in [6.07, 6.45) is 6.75. The quantitative estimate of drug-likeness (QED) is 0.861. The summed E-state index contributed by atoms with van der Waals surface area (Å²) >= 11 is 0. The minimum absolute atomic E-state index is 0.130. The molecule has 1 aliphatic rings. The molecule has 0 amide bonds. The first-order chi connectivity index (χ1) is 8.75. The van der Waals surface area contributed by atoms with Gasteiger partial charge in [0.05, 0.1) is 6.42 Å². The smallest absolute Gasteiger partial charge is 0.307 e. The van der Waals surface area contributed by atoms with Crippen molar-refractivity contribution >= 4 is 5.97 Å². The molecular weight excluding hydrogens is 224 g/mol. The van der Waals surface area contributed by atoms with Crippen molar-refractivity contribution in [2.45, 2.75) is 58.3 Å². The Bertz CT molecular complexity index is 348. The van der Waals surface area contributed by atoms with Crippen LogP contribution >= 0.6 is 0 Å². The lowest BCUT2D eigenvalue weighted by Gasteiger charge is -2.22. The van der Waals surface area contributed by atoms with Crippen molar-refractivity contribution in [3.05, 3.63) is 35.4 Å². The van der Waals surface area contributed by atoms with Crippen LogP contribution in [0.25, 0.3) is 0 Å². The maximum Gasteiger partial charge on any atom is 0.307 e. The monoisotopic (exact) mass is 248 g/mol. The summed E-state index contributed by atoms with van der Waals surface area (Å²) in [4.78, 5) is 10.6. The highest BCUT2D eigenvalue weighted by Gasteiger charge is 2.15. The molecule has 1 aromatic carbocycles. The van der Waals surface area contributed by atoms with Gasteiger partial charge in [0.2, 0.25) is 0 Å². The summed E-state index contributed by atoms with van der Waals surface area (Å²) < 4.78 is 0. The maximum absolute atomic E-state index is 10.6. The second kappa shape index (κ2) is 7.91. The molecule has 0 spiro atoms. The van der Waals surface area contributed by atoms with Gasteiger partial charge in [0.15, 0.2) is 0 Å². The molecule has 2 rings (SSSR count). The Morgan fingerprint density at radius 1 is 1.11 bits per heavy atom. The third kappa shape index (κ3) is 4.52. The fourth-order valence-corrected chi connectivity index (χ4v) is 2.52. The van der Waals surface area contributed by atoms with E-state index in [9.17, 15) is 4.79 Å². The average molecular weight is 248 g/mol. The zero-order chi connectivity index (χ0) is 13.4. The van der Waals surface area contributed by atoms with Crippen LogP contribution in [0.5, 0.6) is 0 Å². The van der Waals surface area contributed by atoms with Gasteiger partial charge in [0, 0.05) is 0 Å². The molecule has 100 valence electrons. The molecule has 1 fully saturated rings. The lowest BCUT2D eigenvalue weighted by molar-refractivity contribution is -0.136. The zero-order valence-corrected chi connectivity index (χ0v) is 11.5. The van der Waals surface area contributed by atoms with Gasteiger partial charge < -0.3 is 5.11 Å². The molecule has 0 unspecified atom stereocenters. The molecule has 0 saturated heterocycles. The van der Waals surface area contributed by atoms with Crippen molar-refractivity contribution in [3.8, 4) is 0 Å². The van der Waals surface area contributed by atoms with Crippen molar-refractivity contribution in [3.63, 3.8) is 0 Å². The predicted molar refractivity (Wildman–Crippen MR) is 75.0 cm³/mol. The standard InChI is InChI=1S/C14H18O2.C2H6/c15-14(16)10-11-6-8-13(9-7-11)12-4-2-1-3-5-12;1-2/h6-9,12H,1-5,10H2,(H,15,16);1-2H3. The second-order valence-corrected chi connectivity index (χ2v) is 4.65. The third-order valence-electron chi connectivity index (χ3n) is 3.41. The fraction of sp³-hybridized carbons (Fsp3) is 0.562. The van der Waals surface area contributed by atoms with E-state index in [1.807, 2.05) is 26.0 Å². The summed E-state index contributed by atoms with van der Waals surface area (Å²) in [6.45, 7) is 4.00. The fourth-order valence-electron chi connectivity index (χ4n) is 2.52. The van der Waals surface area contributed by atoms with Gasteiger partial charge in [0.1, 0.15) is 0 Å². The summed E-state index contributed by atoms with van der Waals surface area (Å²) in [5.74, 6) is -0.0574. The first kappa shape index (κ1) is 14.7. The van der Waals surface area contributed by atoms with E-state index in [-0.39, 0.29) is 6.42 Å².